The minimum Gasteiger partial charge on any atom is -0.481 e. The standard InChI is InChI=1S/2C20H21N3O4.C18H19NO4/c2*21-18(20(26)27)13-15(19(24)25)6-4-5-14-9-11-17(12-10-14)23-22-16-7-2-1-3-8-16;19-16(18(22)23)11-15(17(20)21)7-3-4-12-8-9-13-5-1-2-6-14(13)10-12/h2*1-5,7-12,15,18H,6,13,21H2,(H,24,25)(H,26,27);1-6,8-10,15-16H,7,11,19H2,(H,20,21)(H,22,23)/b2*5-4+,23-22?;4-3+/t2*15-,18+;15-,16+/m111/s1. The molecule has 6 atom stereocenters. The fourth-order valence-corrected chi connectivity index (χ4v) is 7.06. The number of fused-ring (bicyclic) bond motifs is 1. The van der Waals surface area contributed by atoms with Crippen molar-refractivity contribution in [3.05, 3.63) is 187 Å². The van der Waals surface area contributed by atoms with Crippen LogP contribution in [0.15, 0.2) is 190 Å². The Hall–Kier alpha value is -9.30. The Bertz CT molecular complexity index is 2880. The fourth-order valence-electron chi connectivity index (χ4n) is 7.06. The number of azo groups is 2. The number of carboxylic acid groups (broad SMARTS) is 6. The smallest absolute Gasteiger partial charge is 0.320 e. The quantitative estimate of drug-likeness (QED) is 0.0241. The maximum atomic E-state index is 11.2. The van der Waals surface area contributed by atoms with Crippen LogP contribution in [0.1, 0.15) is 55.2 Å². The molecule has 12 N–H and O–H groups in total. The molecule has 0 aliphatic rings. The van der Waals surface area contributed by atoms with Crippen molar-refractivity contribution in [3.63, 3.8) is 0 Å². The van der Waals surface area contributed by atoms with Gasteiger partial charge in [-0.2, -0.15) is 20.5 Å². The van der Waals surface area contributed by atoms with Gasteiger partial charge >= 0.3 is 35.8 Å². The molecule has 6 aromatic carbocycles. The van der Waals surface area contributed by atoms with Crippen LogP contribution in [0.3, 0.4) is 0 Å². The number of benzene rings is 6. The van der Waals surface area contributed by atoms with Gasteiger partial charge in [0.05, 0.1) is 40.5 Å². The second kappa shape index (κ2) is 32.1. The molecule has 0 aromatic heterocycles. The number of nitrogens with zero attached hydrogens (tertiary/aromatic N) is 4. The predicted molar refractivity (Wildman–Crippen MR) is 293 cm³/mol. The third-order valence-corrected chi connectivity index (χ3v) is 11.4. The maximum Gasteiger partial charge on any atom is 0.320 e. The molecule has 19 nitrogen and oxygen atoms in total. The van der Waals surface area contributed by atoms with Gasteiger partial charge in [0.15, 0.2) is 0 Å². The number of hydrogen-bond donors (Lipinski definition) is 9. The lowest BCUT2D eigenvalue weighted by molar-refractivity contribution is -0.145. The van der Waals surface area contributed by atoms with Crippen LogP contribution >= 0.6 is 0 Å². The van der Waals surface area contributed by atoms with E-state index < -0.39 is 71.7 Å². The van der Waals surface area contributed by atoms with E-state index in [9.17, 15) is 39.0 Å². The molecule has 6 aromatic rings. The first kappa shape index (κ1) is 60.3. The van der Waals surface area contributed by atoms with Crippen molar-refractivity contribution in [1.82, 2.24) is 0 Å². The highest BCUT2D eigenvalue weighted by Crippen LogP contribution is 2.23. The van der Waals surface area contributed by atoms with Gasteiger partial charge in [-0.3, -0.25) is 28.8 Å². The summed E-state index contributed by atoms with van der Waals surface area (Å²) in [6, 6.07) is 43.8. The highest BCUT2D eigenvalue weighted by atomic mass is 16.4. The monoisotopic (exact) mass is 1050 g/mol. The van der Waals surface area contributed by atoms with E-state index in [1.54, 1.807) is 54.6 Å². The van der Waals surface area contributed by atoms with E-state index in [-0.39, 0.29) is 38.5 Å². The second-order valence-electron chi connectivity index (χ2n) is 17.4. The molecule has 0 bridgehead atoms. The Morgan fingerprint density at radius 1 is 0.351 bits per heavy atom. The molecule has 0 saturated carbocycles. The predicted octanol–water partition coefficient (Wildman–Crippen LogP) is 10.8. The minimum absolute atomic E-state index is 0.0905. The van der Waals surface area contributed by atoms with E-state index in [1.807, 2.05) is 133 Å². The molecule has 6 rings (SSSR count). The lowest BCUT2D eigenvalue weighted by Crippen LogP contribution is -2.34. The van der Waals surface area contributed by atoms with Gasteiger partial charge in [0.2, 0.25) is 0 Å². The van der Waals surface area contributed by atoms with Crippen molar-refractivity contribution in [2.24, 2.45) is 55.4 Å². The minimum atomic E-state index is -1.20. The summed E-state index contributed by atoms with van der Waals surface area (Å²) >= 11 is 0. The SMILES string of the molecule is N[C@@H](C[C@@H](C/C=C/c1ccc(N=Nc2ccccc2)cc1)C(=O)O)C(=O)O.N[C@@H](C[C@@H](C/C=C/c1ccc(N=Nc2ccccc2)cc1)C(=O)O)C(=O)O.N[C@@H](C[C@@H](C/C=C/c1ccc2ccccc2c1)C(=O)O)C(=O)O. The Morgan fingerprint density at radius 2 is 0.636 bits per heavy atom. The average molecular weight is 1050 g/mol. The summed E-state index contributed by atoms with van der Waals surface area (Å²) in [5.41, 5.74) is 21.9. The molecule has 400 valence electrons. The van der Waals surface area contributed by atoms with Gasteiger partial charge in [0.25, 0.3) is 0 Å². The zero-order chi connectivity index (χ0) is 56.1. The Balaban J connectivity index is 0.000000250. The van der Waals surface area contributed by atoms with Crippen LogP contribution < -0.4 is 17.2 Å². The van der Waals surface area contributed by atoms with Gasteiger partial charge in [-0.15, -0.1) is 0 Å². The van der Waals surface area contributed by atoms with E-state index in [4.69, 9.17) is 37.6 Å². The van der Waals surface area contributed by atoms with Crippen LogP contribution in [0.4, 0.5) is 22.7 Å². The summed E-state index contributed by atoms with van der Waals surface area (Å²) in [4.78, 5) is 65.9. The van der Waals surface area contributed by atoms with Gasteiger partial charge < -0.3 is 47.8 Å². The van der Waals surface area contributed by atoms with Gasteiger partial charge in [0, 0.05) is 0 Å². The van der Waals surface area contributed by atoms with Gasteiger partial charge in [0.1, 0.15) is 18.1 Å². The van der Waals surface area contributed by atoms with E-state index in [1.165, 1.54) is 0 Å². The van der Waals surface area contributed by atoms with Crippen molar-refractivity contribution in [2.45, 2.75) is 56.7 Å². The number of aliphatic carboxylic acids is 6. The van der Waals surface area contributed by atoms with Crippen LogP contribution in [-0.2, 0) is 28.8 Å². The number of hydrogen-bond acceptors (Lipinski definition) is 13. The second-order valence-corrected chi connectivity index (χ2v) is 17.4. The number of carbonyl (C=O) groups is 6. The molecule has 0 saturated heterocycles. The van der Waals surface area contributed by atoms with Crippen LogP contribution in [0, 0.1) is 17.8 Å². The van der Waals surface area contributed by atoms with Gasteiger partial charge in [-0.25, -0.2) is 0 Å². The first-order valence-electron chi connectivity index (χ1n) is 24.1. The largest absolute Gasteiger partial charge is 0.481 e. The summed E-state index contributed by atoms with van der Waals surface area (Å²) in [7, 11) is 0. The van der Waals surface area contributed by atoms with Crippen molar-refractivity contribution < 1.29 is 59.4 Å². The summed E-state index contributed by atoms with van der Waals surface area (Å²) in [5, 5.41) is 72.7. The molecule has 0 radical (unpaired) electrons. The number of rotatable bonds is 25. The Labute approximate surface area is 444 Å². The van der Waals surface area contributed by atoms with E-state index >= 15 is 0 Å². The van der Waals surface area contributed by atoms with Crippen molar-refractivity contribution >= 4 is 87.6 Å². The molecule has 0 aliphatic heterocycles. The molecular weight excluding hydrogens is 987 g/mol. The van der Waals surface area contributed by atoms with Gasteiger partial charge in [-0.1, -0.05) is 134 Å². The molecule has 0 amide bonds. The van der Waals surface area contributed by atoms with E-state index in [0.29, 0.717) is 11.4 Å². The first-order chi connectivity index (χ1) is 36.9. The Kier molecular flexibility index (Phi) is 25.1. The first-order valence-corrected chi connectivity index (χ1v) is 24.1. The highest BCUT2D eigenvalue weighted by molar-refractivity contribution is 5.85. The van der Waals surface area contributed by atoms with E-state index in [0.717, 1.165) is 38.8 Å². The summed E-state index contributed by atoms with van der Waals surface area (Å²) in [5.74, 6) is -9.24. The molecular formula is C58H61N7O12. The molecule has 0 heterocycles. The highest BCUT2D eigenvalue weighted by Gasteiger charge is 2.25. The molecule has 0 unspecified atom stereocenters. The molecule has 19 heteroatoms. The van der Waals surface area contributed by atoms with Crippen molar-refractivity contribution in [1.29, 1.82) is 0 Å². The zero-order valence-corrected chi connectivity index (χ0v) is 41.8. The Morgan fingerprint density at radius 3 is 0.961 bits per heavy atom. The number of nitrogens with two attached hydrogens (primary N) is 3. The summed E-state index contributed by atoms with van der Waals surface area (Å²) in [6.45, 7) is 0. The van der Waals surface area contributed by atoms with Crippen molar-refractivity contribution in [2.75, 3.05) is 0 Å². The molecule has 0 aliphatic carbocycles. The third-order valence-electron chi connectivity index (χ3n) is 11.4. The van der Waals surface area contributed by atoms with Gasteiger partial charge in [-0.05, 0) is 121 Å². The zero-order valence-electron chi connectivity index (χ0n) is 41.8. The van der Waals surface area contributed by atoms with Crippen LogP contribution in [-0.4, -0.2) is 84.6 Å². The molecule has 0 spiro atoms. The maximum absolute atomic E-state index is 11.2. The lowest BCUT2D eigenvalue weighted by atomic mass is 9.96. The normalized spacial score (nSPS) is 13.8. The van der Waals surface area contributed by atoms with Crippen molar-refractivity contribution in [3.8, 4) is 0 Å². The molecule has 77 heavy (non-hydrogen) atoms. The number of carboxylic acids is 6. The van der Waals surface area contributed by atoms with Crippen LogP contribution in [0.25, 0.3) is 29.0 Å². The van der Waals surface area contributed by atoms with Crippen LogP contribution in [0.5, 0.6) is 0 Å². The fraction of sp³-hybridized carbons (Fsp3) is 0.207. The van der Waals surface area contributed by atoms with Crippen LogP contribution in [0.2, 0.25) is 0 Å². The lowest BCUT2D eigenvalue weighted by Gasteiger charge is -2.12. The average Bonchev–Trinajstić information content (AvgIpc) is 3.42. The summed E-state index contributed by atoms with van der Waals surface area (Å²) < 4.78 is 0. The number of allylic oxidation sites excluding steroid dienone is 3. The topological polar surface area (TPSA) is 351 Å². The molecule has 0 fully saturated rings. The summed E-state index contributed by atoms with van der Waals surface area (Å²) in [6.07, 6.45) is 10.9. The van der Waals surface area contributed by atoms with E-state index in [2.05, 4.69) is 20.5 Å². The third kappa shape index (κ3) is 22.8.